The summed E-state index contributed by atoms with van der Waals surface area (Å²) in [5.74, 6) is -0.228. The number of anilines is 1. The summed E-state index contributed by atoms with van der Waals surface area (Å²) < 4.78 is 29.1. The van der Waals surface area contributed by atoms with E-state index in [4.69, 9.17) is 0 Å². The van der Waals surface area contributed by atoms with Gasteiger partial charge in [0.25, 0.3) is 5.91 Å². The second-order valence-corrected chi connectivity index (χ2v) is 7.34. The molecule has 1 aliphatic rings. The molecule has 1 aliphatic heterocycles. The van der Waals surface area contributed by atoms with Crippen molar-refractivity contribution in [2.75, 3.05) is 31.9 Å². The number of carbonyl (C=O) groups is 1. The van der Waals surface area contributed by atoms with Crippen LogP contribution in [-0.4, -0.2) is 50.7 Å². The third-order valence-corrected chi connectivity index (χ3v) is 5.23. The minimum Gasteiger partial charge on any atom is -0.345 e. The van der Waals surface area contributed by atoms with Crippen molar-refractivity contribution in [1.82, 2.24) is 9.21 Å². The number of para-hydroxylation sites is 1. The van der Waals surface area contributed by atoms with Gasteiger partial charge in [-0.25, -0.2) is 0 Å². The van der Waals surface area contributed by atoms with Gasteiger partial charge in [0.05, 0.1) is 11.3 Å². The lowest BCUT2D eigenvalue weighted by Crippen LogP contribution is -2.37. The number of carbonyl (C=O) groups excluding carboxylic acids is 1. The maximum atomic E-state index is 12.5. The molecule has 0 aromatic heterocycles. The fourth-order valence-corrected chi connectivity index (χ4v) is 3.81. The van der Waals surface area contributed by atoms with Crippen LogP contribution in [0.25, 0.3) is 0 Å². The topological polar surface area (TPSA) is 69.7 Å². The molecule has 1 aromatic rings. The maximum Gasteiger partial charge on any atom is 0.301 e. The van der Waals surface area contributed by atoms with Crippen molar-refractivity contribution >= 4 is 21.8 Å². The van der Waals surface area contributed by atoms with Gasteiger partial charge in [-0.2, -0.15) is 12.7 Å². The zero-order valence-corrected chi connectivity index (χ0v) is 13.9. The normalized spacial score (nSPS) is 16.8. The van der Waals surface area contributed by atoms with Crippen molar-refractivity contribution < 1.29 is 13.2 Å². The summed E-state index contributed by atoms with van der Waals surface area (Å²) in [6, 6.07) is 6.68. The van der Waals surface area contributed by atoms with Gasteiger partial charge in [0.2, 0.25) is 0 Å². The molecule has 0 unspecified atom stereocenters. The highest BCUT2D eigenvalue weighted by Crippen LogP contribution is 2.21. The van der Waals surface area contributed by atoms with E-state index < -0.39 is 10.2 Å². The van der Waals surface area contributed by atoms with E-state index >= 15 is 0 Å². The molecule has 2 rings (SSSR count). The van der Waals surface area contributed by atoms with Crippen LogP contribution in [0.2, 0.25) is 0 Å². The summed E-state index contributed by atoms with van der Waals surface area (Å²) >= 11 is 0. The van der Waals surface area contributed by atoms with Crippen molar-refractivity contribution in [1.29, 1.82) is 0 Å². The first kappa shape index (κ1) is 16.8. The van der Waals surface area contributed by atoms with E-state index in [1.807, 2.05) is 0 Å². The quantitative estimate of drug-likeness (QED) is 0.919. The summed E-state index contributed by atoms with van der Waals surface area (Å²) in [6.07, 6.45) is 3.86. The second-order valence-electron chi connectivity index (χ2n) is 5.67. The van der Waals surface area contributed by atoms with Gasteiger partial charge in [-0.05, 0) is 25.0 Å². The van der Waals surface area contributed by atoms with Crippen LogP contribution in [0.4, 0.5) is 5.69 Å². The highest BCUT2D eigenvalue weighted by molar-refractivity contribution is 7.90. The van der Waals surface area contributed by atoms with E-state index in [1.165, 1.54) is 9.21 Å². The molecule has 1 fully saturated rings. The first-order valence-electron chi connectivity index (χ1n) is 7.50. The Kier molecular flexibility index (Phi) is 5.42. The van der Waals surface area contributed by atoms with Crippen LogP contribution in [0.5, 0.6) is 0 Å². The van der Waals surface area contributed by atoms with Gasteiger partial charge >= 0.3 is 10.2 Å². The van der Waals surface area contributed by atoms with Crippen molar-refractivity contribution in [3.05, 3.63) is 29.8 Å². The molecular formula is C15H23N3O3S. The van der Waals surface area contributed by atoms with E-state index in [-0.39, 0.29) is 5.91 Å². The van der Waals surface area contributed by atoms with Crippen molar-refractivity contribution in [2.45, 2.75) is 25.7 Å². The average Bonchev–Trinajstić information content (AvgIpc) is 2.76. The number of rotatable bonds is 4. The van der Waals surface area contributed by atoms with Gasteiger partial charge in [-0.15, -0.1) is 0 Å². The number of amides is 1. The zero-order chi connectivity index (χ0) is 16.2. The predicted octanol–water partition coefficient (Wildman–Crippen LogP) is 1.92. The third kappa shape index (κ3) is 3.98. The van der Waals surface area contributed by atoms with Gasteiger partial charge in [-0.3, -0.25) is 9.52 Å². The van der Waals surface area contributed by atoms with Gasteiger partial charge in [-0.1, -0.05) is 25.0 Å². The number of nitrogens with zero attached hydrogens (tertiary/aromatic N) is 2. The fourth-order valence-electron chi connectivity index (χ4n) is 2.49. The van der Waals surface area contributed by atoms with E-state index in [0.29, 0.717) is 24.3 Å². The largest absolute Gasteiger partial charge is 0.345 e. The lowest BCUT2D eigenvalue weighted by molar-refractivity contribution is 0.0828. The number of nitrogens with one attached hydrogen (secondary N) is 1. The average molecular weight is 325 g/mol. The molecule has 0 spiro atoms. The molecule has 7 heteroatoms. The van der Waals surface area contributed by atoms with Crippen LogP contribution < -0.4 is 4.72 Å². The van der Waals surface area contributed by atoms with Crippen molar-refractivity contribution in [2.24, 2.45) is 0 Å². The summed E-state index contributed by atoms with van der Waals surface area (Å²) in [5, 5.41) is 0. The molecule has 1 amide bonds. The highest BCUT2D eigenvalue weighted by Gasteiger charge is 2.24. The standard InChI is InChI=1S/C15H23N3O3S/c1-17(2)15(19)13-9-5-6-10-14(13)16-22(20,21)18-11-7-3-4-8-12-18/h5-6,9-10,16H,3-4,7-8,11-12H2,1-2H3. The summed E-state index contributed by atoms with van der Waals surface area (Å²) in [6.45, 7) is 1.05. The minimum atomic E-state index is -3.63. The Balaban J connectivity index is 2.24. The SMILES string of the molecule is CN(C)C(=O)c1ccccc1NS(=O)(=O)N1CCCCCC1. The molecule has 22 heavy (non-hydrogen) atoms. The Morgan fingerprint density at radius 1 is 1.09 bits per heavy atom. The van der Waals surface area contributed by atoms with E-state index in [2.05, 4.69) is 4.72 Å². The molecule has 0 atom stereocenters. The van der Waals surface area contributed by atoms with E-state index in [1.54, 1.807) is 38.4 Å². The van der Waals surface area contributed by atoms with Gasteiger partial charge in [0.15, 0.2) is 0 Å². The zero-order valence-electron chi connectivity index (χ0n) is 13.1. The van der Waals surface area contributed by atoms with Gasteiger partial charge in [0, 0.05) is 27.2 Å². The maximum absolute atomic E-state index is 12.5. The Morgan fingerprint density at radius 2 is 1.68 bits per heavy atom. The number of hydrogen-bond acceptors (Lipinski definition) is 3. The van der Waals surface area contributed by atoms with Crippen LogP contribution in [0, 0.1) is 0 Å². The highest BCUT2D eigenvalue weighted by atomic mass is 32.2. The van der Waals surface area contributed by atoms with Crippen LogP contribution in [0.15, 0.2) is 24.3 Å². The molecule has 1 N–H and O–H groups in total. The first-order chi connectivity index (χ1) is 10.4. The molecule has 1 saturated heterocycles. The molecule has 0 aliphatic carbocycles. The molecule has 0 radical (unpaired) electrons. The monoisotopic (exact) mass is 325 g/mol. The summed E-state index contributed by atoms with van der Waals surface area (Å²) in [4.78, 5) is 13.6. The Bertz CT molecular complexity index is 621. The predicted molar refractivity (Wildman–Crippen MR) is 87.0 cm³/mol. The Morgan fingerprint density at radius 3 is 2.27 bits per heavy atom. The number of hydrogen-bond donors (Lipinski definition) is 1. The van der Waals surface area contributed by atoms with Crippen molar-refractivity contribution in [3.63, 3.8) is 0 Å². The molecule has 6 nitrogen and oxygen atoms in total. The smallest absolute Gasteiger partial charge is 0.301 e. The molecular weight excluding hydrogens is 302 g/mol. The van der Waals surface area contributed by atoms with Crippen LogP contribution in [0.1, 0.15) is 36.0 Å². The molecule has 0 bridgehead atoms. The fraction of sp³-hybridized carbons (Fsp3) is 0.533. The molecule has 1 aromatic carbocycles. The lowest BCUT2D eigenvalue weighted by atomic mass is 10.1. The Hall–Kier alpha value is -1.60. The van der Waals surface area contributed by atoms with E-state index in [0.717, 1.165) is 25.7 Å². The minimum absolute atomic E-state index is 0.228. The van der Waals surface area contributed by atoms with Gasteiger partial charge < -0.3 is 4.90 Å². The molecule has 1 heterocycles. The second kappa shape index (κ2) is 7.11. The van der Waals surface area contributed by atoms with Gasteiger partial charge in [0.1, 0.15) is 0 Å². The Labute approximate surface area is 132 Å². The van der Waals surface area contributed by atoms with Crippen LogP contribution >= 0.6 is 0 Å². The van der Waals surface area contributed by atoms with Crippen LogP contribution in [-0.2, 0) is 10.2 Å². The third-order valence-electron chi connectivity index (χ3n) is 3.71. The van der Waals surface area contributed by atoms with Crippen molar-refractivity contribution in [3.8, 4) is 0 Å². The molecule has 0 saturated carbocycles. The molecule has 122 valence electrons. The summed E-state index contributed by atoms with van der Waals surface area (Å²) in [5.41, 5.74) is 0.677. The lowest BCUT2D eigenvalue weighted by Gasteiger charge is -2.22. The van der Waals surface area contributed by atoms with E-state index in [9.17, 15) is 13.2 Å². The first-order valence-corrected chi connectivity index (χ1v) is 8.94. The number of benzene rings is 1. The van der Waals surface area contributed by atoms with Crippen LogP contribution in [0.3, 0.4) is 0 Å². The summed E-state index contributed by atoms with van der Waals surface area (Å²) in [7, 11) is -0.346.